The van der Waals surface area contributed by atoms with Crippen LogP contribution < -0.4 is 10.0 Å². The van der Waals surface area contributed by atoms with Crippen molar-refractivity contribution in [2.24, 2.45) is 0 Å². The number of aliphatic hydroxyl groups is 1. The number of nitrogens with one attached hydrogen (secondary N) is 2. The lowest BCUT2D eigenvalue weighted by atomic mass is 9.95. The van der Waals surface area contributed by atoms with Crippen LogP contribution in [0.25, 0.3) is 11.1 Å². The van der Waals surface area contributed by atoms with E-state index in [4.69, 9.17) is 0 Å². The van der Waals surface area contributed by atoms with E-state index in [-0.39, 0.29) is 13.0 Å². The fourth-order valence-corrected chi connectivity index (χ4v) is 4.55. The van der Waals surface area contributed by atoms with Gasteiger partial charge in [0, 0.05) is 22.7 Å². The first-order chi connectivity index (χ1) is 17.4. The first kappa shape index (κ1) is 25.3. The number of rotatable bonds is 8. The van der Waals surface area contributed by atoms with Crippen LogP contribution in [0.3, 0.4) is 0 Å². The Kier molecular flexibility index (Phi) is 8.30. The minimum atomic E-state index is -0.697. The van der Waals surface area contributed by atoms with Gasteiger partial charge in [-0.05, 0) is 77.9 Å². The SMILES string of the molecule is Cc1ccccc1SNC(=O)NC(Cc1cc(F)cc(F)c1)c1ncccc1-c1cccc(CO)c1. The van der Waals surface area contributed by atoms with Crippen molar-refractivity contribution in [3.63, 3.8) is 0 Å². The zero-order valence-corrected chi connectivity index (χ0v) is 20.4. The first-order valence-electron chi connectivity index (χ1n) is 11.3. The third-order valence-corrected chi connectivity index (χ3v) is 6.57. The van der Waals surface area contributed by atoms with Crippen LogP contribution in [0.1, 0.15) is 28.4 Å². The Bertz CT molecular complexity index is 1350. The van der Waals surface area contributed by atoms with Crippen molar-refractivity contribution in [1.82, 2.24) is 15.0 Å². The van der Waals surface area contributed by atoms with Gasteiger partial charge in [0.25, 0.3) is 0 Å². The van der Waals surface area contributed by atoms with Gasteiger partial charge in [-0.25, -0.2) is 13.6 Å². The van der Waals surface area contributed by atoms with E-state index in [9.17, 15) is 18.7 Å². The van der Waals surface area contributed by atoms with Crippen LogP contribution in [0.2, 0.25) is 0 Å². The van der Waals surface area contributed by atoms with Crippen LogP contribution in [0.15, 0.2) is 90.0 Å². The zero-order valence-electron chi connectivity index (χ0n) is 19.5. The lowest BCUT2D eigenvalue weighted by molar-refractivity contribution is 0.242. The van der Waals surface area contributed by atoms with Crippen molar-refractivity contribution < 1.29 is 18.7 Å². The molecule has 0 fully saturated rings. The number of nitrogens with zero attached hydrogens (tertiary/aromatic N) is 1. The summed E-state index contributed by atoms with van der Waals surface area (Å²) < 4.78 is 30.7. The molecule has 0 aliphatic rings. The molecule has 4 rings (SSSR count). The van der Waals surface area contributed by atoms with E-state index in [1.54, 1.807) is 18.3 Å². The van der Waals surface area contributed by atoms with Gasteiger partial charge in [-0.3, -0.25) is 9.71 Å². The summed E-state index contributed by atoms with van der Waals surface area (Å²) in [7, 11) is 0. The van der Waals surface area contributed by atoms with E-state index >= 15 is 0 Å². The average molecular weight is 506 g/mol. The number of aryl methyl sites for hydroxylation is 1. The lowest BCUT2D eigenvalue weighted by Gasteiger charge is -2.22. The molecule has 0 spiro atoms. The van der Waals surface area contributed by atoms with Gasteiger partial charge in [0.05, 0.1) is 18.3 Å². The number of aliphatic hydroxyl groups excluding tert-OH is 1. The second-order valence-electron chi connectivity index (χ2n) is 8.27. The molecule has 1 atom stereocenters. The standard InChI is InChI=1S/C28H25F2N3O2S/c1-18-6-2-3-10-26(18)36-33-28(35)32-25(15-20-13-22(29)16-23(30)14-20)27-24(9-5-11-31-27)21-8-4-7-19(12-21)17-34/h2-14,16,25,34H,15,17H2,1H3,(H2,32,33,35). The Labute approximate surface area is 212 Å². The summed E-state index contributed by atoms with van der Waals surface area (Å²) in [5.74, 6) is -1.39. The molecular weight excluding hydrogens is 480 g/mol. The number of amides is 2. The van der Waals surface area contributed by atoms with Crippen molar-refractivity contribution in [3.8, 4) is 11.1 Å². The number of pyridine rings is 1. The van der Waals surface area contributed by atoms with Crippen LogP contribution in [-0.4, -0.2) is 16.1 Å². The van der Waals surface area contributed by atoms with Crippen LogP contribution >= 0.6 is 11.9 Å². The molecule has 3 aromatic carbocycles. The van der Waals surface area contributed by atoms with E-state index in [1.807, 2.05) is 55.5 Å². The van der Waals surface area contributed by atoms with Crippen molar-refractivity contribution in [1.29, 1.82) is 0 Å². The van der Waals surface area contributed by atoms with Gasteiger partial charge in [-0.1, -0.05) is 42.5 Å². The third kappa shape index (κ3) is 6.47. The highest BCUT2D eigenvalue weighted by atomic mass is 32.2. The van der Waals surface area contributed by atoms with Gasteiger partial charge < -0.3 is 10.4 Å². The summed E-state index contributed by atoms with van der Waals surface area (Å²) in [5.41, 5.74) is 4.20. The highest BCUT2D eigenvalue weighted by Crippen LogP contribution is 2.30. The monoisotopic (exact) mass is 505 g/mol. The molecule has 3 N–H and O–H groups in total. The molecule has 184 valence electrons. The number of hydrogen-bond donors (Lipinski definition) is 3. The fourth-order valence-electron chi connectivity index (χ4n) is 3.92. The Hall–Kier alpha value is -3.75. The summed E-state index contributed by atoms with van der Waals surface area (Å²) in [6, 6.07) is 20.8. The molecule has 4 aromatic rings. The predicted molar refractivity (Wildman–Crippen MR) is 137 cm³/mol. The Balaban J connectivity index is 1.65. The number of halogens is 2. The highest BCUT2D eigenvalue weighted by Gasteiger charge is 2.22. The Morgan fingerprint density at radius 1 is 0.972 bits per heavy atom. The maximum absolute atomic E-state index is 13.9. The van der Waals surface area contributed by atoms with Gasteiger partial charge in [0.2, 0.25) is 0 Å². The topological polar surface area (TPSA) is 74.2 Å². The quantitative estimate of drug-likeness (QED) is 0.252. The lowest BCUT2D eigenvalue weighted by Crippen LogP contribution is -2.36. The first-order valence-corrected chi connectivity index (χ1v) is 12.1. The largest absolute Gasteiger partial charge is 0.392 e. The van der Waals surface area contributed by atoms with Gasteiger partial charge in [0.1, 0.15) is 11.6 Å². The van der Waals surface area contributed by atoms with Crippen molar-refractivity contribution in [3.05, 3.63) is 119 Å². The van der Waals surface area contributed by atoms with Crippen LogP contribution in [0, 0.1) is 18.6 Å². The van der Waals surface area contributed by atoms with Crippen LogP contribution in [0.4, 0.5) is 13.6 Å². The van der Waals surface area contributed by atoms with Gasteiger partial charge in [-0.2, -0.15) is 0 Å². The molecule has 8 heteroatoms. The molecule has 1 unspecified atom stereocenters. The van der Waals surface area contributed by atoms with E-state index in [2.05, 4.69) is 15.0 Å². The van der Waals surface area contributed by atoms with Crippen molar-refractivity contribution in [2.75, 3.05) is 0 Å². The number of carbonyl (C=O) groups excluding carboxylic acids is 1. The summed E-state index contributed by atoms with van der Waals surface area (Å²) >= 11 is 1.18. The molecule has 1 aromatic heterocycles. The maximum atomic E-state index is 13.9. The Morgan fingerprint density at radius 2 is 1.75 bits per heavy atom. The summed E-state index contributed by atoms with van der Waals surface area (Å²) in [6.07, 6.45) is 1.72. The number of urea groups is 1. The van der Waals surface area contributed by atoms with E-state index < -0.39 is 23.7 Å². The molecule has 36 heavy (non-hydrogen) atoms. The van der Waals surface area contributed by atoms with Gasteiger partial charge in [0.15, 0.2) is 0 Å². The third-order valence-electron chi connectivity index (χ3n) is 5.60. The number of benzene rings is 3. The minimum absolute atomic E-state index is 0.112. The summed E-state index contributed by atoms with van der Waals surface area (Å²) in [5, 5.41) is 12.5. The van der Waals surface area contributed by atoms with Crippen molar-refractivity contribution >= 4 is 18.0 Å². The van der Waals surface area contributed by atoms with Crippen LogP contribution in [0.5, 0.6) is 0 Å². The normalized spacial score (nSPS) is 11.7. The van der Waals surface area contributed by atoms with Crippen LogP contribution in [-0.2, 0) is 13.0 Å². The second kappa shape index (κ2) is 11.8. The zero-order chi connectivity index (χ0) is 25.5. The summed E-state index contributed by atoms with van der Waals surface area (Å²) in [4.78, 5) is 18.4. The smallest absolute Gasteiger partial charge is 0.325 e. The molecule has 0 radical (unpaired) electrons. The molecule has 1 heterocycles. The van der Waals surface area contributed by atoms with E-state index in [1.165, 1.54) is 24.1 Å². The molecule has 0 aliphatic carbocycles. The number of hydrogen-bond acceptors (Lipinski definition) is 4. The predicted octanol–water partition coefficient (Wildman–Crippen LogP) is 6.12. The number of aromatic nitrogens is 1. The minimum Gasteiger partial charge on any atom is -0.392 e. The summed E-state index contributed by atoms with van der Waals surface area (Å²) in [6.45, 7) is 1.83. The molecule has 0 bridgehead atoms. The Morgan fingerprint density at radius 3 is 2.50 bits per heavy atom. The molecule has 0 saturated heterocycles. The van der Waals surface area contributed by atoms with E-state index in [0.29, 0.717) is 11.3 Å². The highest BCUT2D eigenvalue weighted by molar-refractivity contribution is 7.98. The fraction of sp³-hybridized carbons (Fsp3) is 0.143. The average Bonchev–Trinajstić information content (AvgIpc) is 2.87. The van der Waals surface area contributed by atoms with Gasteiger partial charge in [-0.15, -0.1) is 0 Å². The molecule has 0 aliphatic heterocycles. The second-order valence-corrected chi connectivity index (χ2v) is 9.12. The molecule has 2 amide bonds. The molecule has 5 nitrogen and oxygen atoms in total. The van der Waals surface area contributed by atoms with Gasteiger partial charge >= 0.3 is 6.03 Å². The molecule has 0 saturated carbocycles. The van der Waals surface area contributed by atoms with Crippen molar-refractivity contribution in [2.45, 2.75) is 30.9 Å². The van der Waals surface area contributed by atoms with E-state index in [0.717, 1.165) is 33.2 Å². The maximum Gasteiger partial charge on any atom is 0.325 e. The number of carbonyl (C=O) groups is 1. The molecular formula is C28H25F2N3O2S.